The molecule has 2 atom stereocenters. The van der Waals surface area contributed by atoms with E-state index in [9.17, 15) is 4.79 Å². The number of nitrogens with one attached hydrogen (secondary N) is 1. The summed E-state index contributed by atoms with van der Waals surface area (Å²) < 4.78 is 5.61. The number of carbonyl (C=O) groups excluding carboxylic acids is 1. The van der Waals surface area contributed by atoms with Gasteiger partial charge in [-0.25, -0.2) is 4.79 Å². The number of fused-ring (bicyclic) bond motifs is 2. The summed E-state index contributed by atoms with van der Waals surface area (Å²) in [5.74, 6) is 0. The Bertz CT molecular complexity index is 607. The molecule has 0 aliphatic carbocycles. The van der Waals surface area contributed by atoms with Gasteiger partial charge < -0.3 is 15.0 Å². The van der Waals surface area contributed by atoms with Gasteiger partial charge in [-0.3, -0.25) is 0 Å². The number of nitrogens with zero attached hydrogens (tertiary/aromatic N) is 1. The van der Waals surface area contributed by atoms with E-state index in [0.717, 1.165) is 25.7 Å². The Morgan fingerprint density at radius 1 is 1.17 bits per heavy atom. The van der Waals surface area contributed by atoms with Crippen LogP contribution >= 0.6 is 0 Å². The van der Waals surface area contributed by atoms with E-state index in [2.05, 4.69) is 37.4 Å². The van der Waals surface area contributed by atoms with Gasteiger partial charge in [-0.05, 0) is 77.5 Å². The van der Waals surface area contributed by atoms with Gasteiger partial charge >= 0.3 is 6.09 Å². The highest BCUT2D eigenvalue weighted by Gasteiger charge is 2.44. The highest BCUT2D eigenvalue weighted by Crippen LogP contribution is 2.38. The number of anilines is 1. The molecule has 0 saturated carbocycles. The van der Waals surface area contributed by atoms with Crippen molar-refractivity contribution in [3.8, 4) is 0 Å². The summed E-state index contributed by atoms with van der Waals surface area (Å²) in [4.78, 5) is 14.5. The number of hydrogen-bond acceptors (Lipinski definition) is 3. The highest BCUT2D eigenvalue weighted by atomic mass is 16.6. The van der Waals surface area contributed by atoms with Crippen LogP contribution in [0.2, 0.25) is 0 Å². The molecule has 132 valence electrons. The molecule has 2 unspecified atom stereocenters. The number of aryl methyl sites for hydroxylation is 2. The van der Waals surface area contributed by atoms with Crippen LogP contribution in [0.15, 0.2) is 18.2 Å². The van der Waals surface area contributed by atoms with E-state index in [4.69, 9.17) is 4.74 Å². The third-order valence-electron chi connectivity index (χ3n) is 5.09. The zero-order valence-corrected chi connectivity index (χ0v) is 15.6. The third-order valence-corrected chi connectivity index (χ3v) is 5.09. The predicted octanol–water partition coefficient (Wildman–Crippen LogP) is 4.65. The third kappa shape index (κ3) is 3.68. The molecule has 2 heterocycles. The fourth-order valence-electron chi connectivity index (χ4n) is 4.02. The Labute approximate surface area is 145 Å². The summed E-state index contributed by atoms with van der Waals surface area (Å²) >= 11 is 0. The summed E-state index contributed by atoms with van der Waals surface area (Å²) in [5.41, 5.74) is 3.36. The van der Waals surface area contributed by atoms with Crippen molar-refractivity contribution in [2.45, 2.75) is 84.0 Å². The fourth-order valence-corrected chi connectivity index (χ4v) is 4.02. The molecule has 2 saturated heterocycles. The molecule has 4 heteroatoms. The van der Waals surface area contributed by atoms with E-state index in [1.165, 1.54) is 16.8 Å². The molecule has 0 spiro atoms. The van der Waals surface area contributed by atoms with Gasteiger partial charge in [0.2, 0.25) is 0 Å². The first-order valence-electron chi connectivity index (χ1n) is 9.08. The molecule has 4 nitrogen and oxygen atoms in total. The van der Waals surface area contributed by atoms with Crippen molar-refractivity contribution >= 4 is 11.8 Å². The van der Waals surface area contributed by atoms with Crippen LogP contribution < -0.4 is 5.32 Å². The van der Waals surface area contributed by atoms with Crippen LogP contribution in [0, 0.1) is 13.8 Å². The topological polar surface area (TPSA) is 41.6 Å². The second kappa shape index (κ2) is 6.30. The molecule has 0 aromatic heterocycles. The lowest BCUT2D eigenvalue weighted by Gasteiger charge is -2.40. The maximum Gasteiger partial charge on any atom is 0.410 e. The molecule has 3 rings (SSSR count). The van der Waals surface area contributed by atoms with E-state index in [1.54, 1.807) is 0 Å². The normalized spacial score (nSPS) is 26.4. The van der Waals surface area contributed by atoms with Gasteiger partial charge in [-0.15, -0.1) is 0 Å². The monoisotopic (exact) mass is 330 g/mol. The SMILES string of the molecule is Cc1ccc(C)c(NC2CC3CCC(C2)N3C(=O)OC(C)(C)C)c1. The fraction of sp³-hybridized carbons (Fsp3) is 0.650. The van der Waals surface area contributed by atoms with Crippen molar-refractivity contribution in [2.75, 3.05) is 5.32 Å². The summed E-state index contributed by atoms with van der Waals surface area (Å²) in [6.45, 7) is 10.1. The second-order valence-electron chi connectivity index (χ2n) is 8.40. The molecule has 1 N–H and O–H groups in total. The average molecular weight is 330 g/mol. The molecular formula is C20H30N2O2. The van der Waals surface area contributed by atoms with Crippen molar-refractivity contribution in [3.05, 3.63) is 29.3 Å². The van der Waals surface area contributed by atoms with Gasteiger partial charge in [0.25, 0.3) is 0 Å². The van der Waals surface area contributed by atoms with Crippen molar-refractivity contribution in [3.63, 3.8) is 0 Å². The Hall–Kier alpha value is -1.71. The van der Waals surface area contributed by atoms with Gasteiger partial charge in [0.05, 0.1) is 0 Å². The minimum Gasteiger partial charge on any atom is -0.444 e. The number of rotatable bonds is 2. The number of piperidine rings is 1. The lowest BCUT2D eigenvalue weighted by atomic mass is 9.97. The lowest BCUT2D eigenvalue weighted by Crippen LogP contribution is -2.51. The summed E-state index contributed by atoms with van der Waals surface area (Å²) in [6, 6.07) is 7.58. The number of hydrogen-bond donors (Lipinski definition) is 1. The first-order chi connectivity index (χ1) is 11.2. The largest absolute Gasteiger partial charge is 0.444 e. The molecule has 0 radical (unpaired) electrons. The summed E-state index contributed by atoms with van der Waals surface area (Å²) in [5, 5.41) is 3.72. The van der Waals surface area contributed by atoms with Gasteiger partial charge in [-0.1, -0.05) is 12.1 Å². The first-order valence-corrected chi connectivity index (χ1v) is 9.08. The Balaban J connectivity index is 1.67. The second-order valence-corrected chi connectivity index (χ2v) is 8.40. The zero-order chi connectivity index (χ0) is 17.5. The van der Waals surface area contributed by atoms with Crippen LogP contribution in [0.25, 0.3) is 0 Å². The standard InChI is InChI=1S/C20H30N2O2/c1-13-6-7-14(2)18(10-13)21-15-11-16-8-9-17(12-15)22(16)19(23)24-20(3,4)5/h6-7,10,15-17,21H,8-9,11-12H2,1-5H3. The number of benzene rings is 1. The van der Waals surface area contributed by atoms with E-state index in [0.29, 0.717) is 18.1 Å². The molecule has 24 heavy (non-hydrogen) atoms. The van der Waals surface area contributed by atoms with Crippen molar-refractivity contribution in [2.24, 2.45) is 0 Å². The van der Waals surface area contributed by atoms with Gasteiger partial charge in [0, 0.05) is 23.8 Å². The minimum atomic E-state index is -0.426. The average Bonchev–Trinajstić information content (AvgIpc) is 2.73. The van der Waals surface area contributed by atoms with Crippen molar-refractivity contribution in [1.29, 1.82) is 0 Å². The molecule has 2 aliphatic rings. The minimum absolute atomic E-state index is 0.139. The van der Waals surface area contributed by atoms with Gasteiger partial charge in [-0.2, -0.15) is 0 Å². The maximum atomic E-state index is 12.5. The van der Waals surface area contributed by atoms with E-state index in [-0.39, 0.29) is 6.09 Å². The van der Waals surface area contributed by atoms with Gasteiger partial charge in [0.15, 0.2) is 0 Å². The molecular weight excluding hydrogens is 300 g/mol. The van der Waals surface area contributed by atoms with E-state index in [1.807, 2.05) is 25.7 Å². The van der Waals surface area contributed by atoms with Crippen LogP contribution in [0.4, 0.5) is 10.5 Å². The van der Waals surface area contributed by atoms with E-state index >= 15 is 0 Å². The maximum absolute atomic E-state index is 12.5. The smallest absolute Gasteiger partial charge is 0.410 e. The predicted molar refractivity (Wildman–Crippen MR) is 97.4 cm³/mol. The summed E-state index contributed by atoms with van der Waals surface area (Å²) in [6.07, 6.45) is 4.05. The molecule has 2 aliphatic heterocycles. The van der Waals surface area contributed by atoms with Crippen molar-refractivity contribution in [1.82, 2.24) is 4.90 Å². The molecule has 1 aromatic rings. The van der Waals surface area contributed by atoms with Crippen LogP contribution in [0.1, 0.15) is 57.6 Å². The quantitative estimate of drug-likeness (QED) is 0.858. The first kappa shape index (κ1) is 17.1. The van der Waals surface area contributed by atoms with Crippen LogP contribution in [-0.2, 0) is 4.74 Å². The molecule has 1 aromatic carbocycles. The molecule has 1 amide bonds. The zero-order valence-electron chi connectivity index (χ0n) is 15.6. The number of carbonyl (C=O) groups is 1. The number of ether oxygens (including phenoxy) is 1. The highest BCUT2D eigenvalue weighted by molar-refractivity contribution is 5.70. The molecule has 2 bridgehead atoms. The van der Waals surface area contributed by atoms with E-state index < -0.39 is 5.60 Å². The van der Waals surface area contributed by atoms with Crippen molar-refractivity contribution < 1.29 is 9.53 Å². The van der Waals surface area contributed by atoms with Crippen LogP contribution in [0.5, 0.6) is 0 Å². The Kier molecular flexibility index (Phi) is 4.50. The molecule has 2 fully saturated rings. The summed E-state index contributed by atoms with van der Waals surface area (Å²) in [7, 11) is 0. The van der Waals surface area contributed by atoms with Gasteiger partial charge in [0.1, 0.15) is 5.60 Å². The Morgan fingerprint density at radius 3 is 2.38 bits per heavy atom. The number of amides is 1. The van der Waals surface area contributed by atoms with Crippen LogP contribution in [-0.4, -0.2) is 34.7 Å². The Morgan fingerprint density at radius 2 is 1.79 bits per heavy atom. The lowest BCUT2D eigenvalue weighted by molar-refractivity contribution is 0.00683. The van der Waals surface area contributed by atoms with Crippen LogP contribution in [0.3, 0.4) is 0 Å².